The zero-order valence-electron chi connectivity index (χ0n) is 13.1. The highest BCUT2D eigenvalue weighted by Crippen LogP contribution is 2.58. The van der Waals surface area contributed by atoms with Crippen LogP contribution in [0.5, 0.6) is 0 Å². The molecule has 1 heterocycles. The maximum Gasteiger partial charge on any atom is 0.359 e. The zero-order chi connectivity index (χ0) is 16.2. The lowest BCUT2D eigenvalue weighted by Crippen LogP contribution is -2.18. The molecule has 5 nitrogen and oxygen atoms in total. The van der Waals surface area contributed by atoms with Gasteiger partial charge in [-0.1, -0.05) is 0 Å². The van der Waals surface area contributed by atoms with Crippen molar-refractivity contribution in [2.24, 2.45) is 0 Å². The number of rotatable bonds is 5. The van der Waals surface area contributed by atoms with Crippen molar-refractivity contribution in [1.29, 1.82) is 0 Å². The predicted molar refractivity (Wildman–Crippen MR) is 86.3 cm³/mol. The summed E-state index contributed by atoms with van der Waals surface area (Å²) in [6.45, 7) is 7.09. The van der Waals surface area contributed by atoms with E-state index in [1.165, 1.54) is 12.1 Å². The third-order valence-corrected chi connectivity index (χ3v) is 5.61. The molecule has 1 aliphatic rings. The van der Waals surface area contributed by atoms with Gasteiger partial charge in [-0.15, -0.1) is 0 Å². The van der Waals surface area contributed by atoms with Crippen LogP contribution < -0.4 is 10.6 Å². The quantitative estimate of drug-likeness (QED) is 0.805. The van der Waals surface area contributed by atoms with Gasteiger partial charge in [-0.05, 0) is 39.0 Å². The number of hydrogen-bond acceptors (Lipinski definition) is 5. The van der Waals surface area contributed by atoms with Crippen LogP contribution >= 0.6 is 7.60 Å². The highest BCUT2D eigenvalue weighted by atomic mass is 31.2. The smallest absolute Gasteiger partial charge is 0.359 e. The van der Waals surface area contributed by atoms with Gasteiger partial charge in [0.25, 0.3) is 0 Å². The fraction of sp³-hybridized carbons (Fsp3) is 0.467. The summed E-state index contributed by atoms with van der Waals surface area (Å²) in [5, 5.41) is 6.89. The van der Waals surface area contributed by atoms with Crippen molar-refractivity contribution in [3.05, 3.63) is 34.9 Å². The lowest BCUT2D eigenvalue weighted by molar-refractivity contribution is 0.226. The molecule has 0 aliphatic carbocycles. The molecular formula is C15H22FN2O3P. The summed E-state index contributed by atoms with van der Waals surface area (Å²) in [6, 6.07) is 4.49. The normalized spacial score (nSPS) is 17.1. The molecule has 0 fully saturated rings. The van der Waals surface area contributed by atoms with Crippen LogP contribution in [0, 0.1) is 5.82 Å². The summed E-state index contributed by atoms with van der Waals surface area (Å²) < 4.78 is 37.4. The maximum absolute atomic E-state index is 13.6. The minimum Gasteiger partial charge on any atom is -0.383 e. The van der Waals surface area contributed by atoms with Crippen molar-refractivity contribution >= 4 is 19.0 Å². The van der Waals surface area contributed by atoms with Crippen LogP contribution in [0.1, 0.15) is 26.3 Å². The van der Waals surface area contributed by atoms with E-state index in [0.29, 0.717) is 29.7 Å². The Hall–Kier alpha value is -1.36. The Kier molecular flexibility index (Phi) is 5.62. The Morgan fingerprint density at radius 2 is 1.86 bits per heavy atom. The van der Waals surface area contributed by atoms with Gasteiger partial charge in [0.15, 0.2) is 0 Å². The van der Waals surface area contributed by atoms with Gasteiger partial charge in [0.05, 0.1) is 24.2 Å². The van der Waals surface area contributed by atoms with Gasteiger partial charge in [0.2, 0.25) is 0 Å². The molecule has 0 aromatic heterocycles. The van der Waals surface area contributed by atoms with Crippen LogP contribution in [0.4, 0.5) is 10.1 Å². The third kappa shape index (κ3) is 3.51. The molecule has 0 atom stereocenters. The van der Waals surface area contributed by atoms with E-state index in [1.807, 2.05) is 0 Å². The topological polar surface area (TPSA) is 59.6 Å². The summed E-state index contributed by atoms with van der Waals surface area (Å²) in [5.74, 6) is -0.350. The van der Waals surface area contributed by atoms with Crippen molar-refractivity contribution in [3.63, 3.8) is 0 Å². The monoisotopic (exact) mass is 328 g/mol. The Bertz CT molecular complexity index is 609. The molecule has 22 heavy (non-hydrogen) atoms. The number of benzene rings is 1. The molecule has 1 aromatic rings. The largest absolute Gasteiger partial charge is 0.383 e. The molecule has 2 rings (SSSR count). The van der Waals surface area contributed by atoms with Crippen LogP contribution in [0.3, 0.4) is 0 Å². The van der Waals surface area contributed by atoms with Crippen molar-refractivity contribution in [1.82, 2.24) is 5.32 Å². The number of allylic oxidation sites excluding steroid dienone is 1. The summed E-state index contributed by atoms with van der Waals surface area (Å²) >= 11 is 0. The Morgan fingerprint density at radius 3 is 2.50 bits per heavy atom. The second-order valence-electron chi connectivity index (χ2n) is 4.84. The number of hydrogen-bond donors (Lipinski definition) is 2. The molecule has 1 aliphatic heterocycles. The van der Waals surface area contributed by atoms with Gasteiger partial charge < -0.3 is 19.7 Å². The second kappa shape index (κ2) is 7.27. The fourth-order valence-electron chi connectivity index (χ4n) is 2.39. The van der Waals surface area contributed by atoms with Crippen LogP contribution in [0.25, 0.3) is 5.70 Å². The van der Waals surface area contributed by atoms with Gasteiger partial charge in [0.1, 0.15) is 5.82 Å². The molecule has 122 valence electrons. The van der Waals surface area contributed by atoms with Gasteiger partial charge >= 0.3 is 7.60 Å². The zero-order valence-corrected chi connectivity index (χ0v) is 14.0. The number of fused-ring (bicyclic) bond motifs is 1. The lowest BCUT2D eigenvalue weighted by Gasteiger charge is -2.21. The molecule has 0 saturated heterocycles. The highest BCUT2D eigenvalue weighted by molar-refractivity contribution is 7.58. The van der Waals surface area contributed by atoms with Crippen LogP contribution in [0.2, 0.25) is 0 Å². The molecular weight excluding hydrogens is 306 g/mol. The first-order chi connectivity index (χ1) is 10.5. The molecule has 7 heteroatoms. The highest BCUT2D eigenvalue weighted by Gasteiger charge is 2.31. The minimum atomic E-state index is -3.40. The van der Waals surface area contributed by atoms with Gasteiger partial charge in [-0.2, -0.15) is 0 Å². The molecule has 0 radical (unpaired) electrons. The van der Waals surface area contributed by atoms with E-state index in [0.717, 1.165) is 5.69 Å². The summed E-state index contributed by atoms with van der Waals surface area (Å²) in [4.78, 5) is 0. The molecule has 0 bridgehead atoms. The second-order valence-corrected chi connectivity index (χ2v) is 7.02. The average molecular weight is 328 g/mol. The third-order valence-electron chi connectivity index (χ3n) is 3.36. The van der Waals surface area contributed by atoms with Gasteiger partial charge in [-0.3, -0.25) is 4.57 Å². The SMILES string of the molecule is CCOP(=O)(OCC)C(C)=C1NCCNc2ccc(F)cc21. The average Bonchev–Trinajstić information content (AvgIpc) is 2.69. The standard InChI is InChI=1S/C15H22FN2O3P/c1-4-20-22(19,21-5-2)11(3)15-13-10-12(16)6-7-14(13)17-8-9-18-15/h6-7,10,17-18H,4-5,8-9H2,1-3H3. The number of halogens is 1. The Labute approximate surface area is 130 Å². The molecule has 0 unspecified atom stereocenters. The van der Waals surface area contributed by atoms with Crippen molar-refractivity contribution < 1.29 is 18.0 Å². The number of anilines is 1. The van der Waals surface area contributed by atoms with E-state index >= 15 is 0 Å². The number of nitrogens with one attached hydrogen (secondary N) is 2. The van der Waals surface area contributed by atoms with E-state index < -0.39 is 7.60 Å². The molecule has 1 aromatic carbocycles. The predicted octanol–water partition coefficient (Wildman–Crippen LogP) is 3.80. The van der Waals surface area contributed by atoms with Crippen molar-refractivity contribution in [2.75, 3.05) is 31.6 Å². The first-order valence-electron chi connectivity index (χ1n) is 7.40. The molecule has 0 spiro atoms. The summed E-state index contributed by atoms with van der Waals surface area (Å²) in [5.41, 5.74) is 2.03. The van der Waals surface area contributed by atoms with Gasteiger partial charge in [0, 0.05) is 24.3 Å². The molecule has 2 N–H and O–H groups in total. The lowest BCUT2D eigenvalue weighted by atomic mass is 10.1. The minimum absolute atomic E-state index is 0.274. The maximum atomic E-state index is 13.6. The fourth-order valence-corrected chi connectivity index (χ4v) is 4.00. The summed E-state index contributed by atoms with van der Waals surface area (Å²) in [6.07, 6.45) is 0. The Balaban J connectivity index is 2.57. The van der Waals surface area contributed by atoms with E-state index in [9.17, 15) is 8.96 Å². The van der Waals surface area contributed by atoms with E-state index in [2.05, 4.69) is 10.6 Å². The van der Waals surface area contributed by atoms with Crippen LogP contribution in [-0.2, 0) is 13.6 Å². The Morgan fingerprint density at radius 1 is 1.23 bits per heavy atom. The van der Waals surface area contributed by atoms with Crippen LogP contribution in [0.15, 0.2) is 23.5 Å². The summed E-state index contributed by atoms with van der Waals surface area (Å²) in [7, 11) is -3.40. The van der Waals surface area contributed by atoms with E-state index in [-0.39, 0.29) is 19.0 Å². The van der Waals surface area contributed by atoms with E-state index in [1.54, 1.807) is 26.8 Å². The molecule has 0 amide bonds. The first-order valence-corrected chi connectivity index (χ1v) is 8.94. The van der Waals surface area contributed by atoms with Gasteiger partial charge in [-0.25, -0.2) is 4.39 Å². The van der Waals surface area contributed by atoms with E-state index in [4.69, 9.17) is 9.05 Å². The molecule has 0 saturated carbocycles. The van der Waals surface area contributed by atoms with Crippen LogP contribution in [-0.4, -0.2) is 26.3 Å². The van der Waals surface area contributed by atoms with Crippen molar-refractivity contribution in [3.8, 4) is 0 Å². The first kappa shape index (κ1) is 17.0. The van der Waals surface area contributed by atoms with Crippen molar-refractivity contribution in [2.45, 2.75) is 20.8 Å².